The van der Waals surface area contributed by atoms with Crippen LogP contribution in [-0.2, 0) is 0 Å². The van der Waals surface area contributed by atoms with Gasteiger partial charge >= 0.3 is 0 Å². The van der Waals surface area contributed by atoms with Crippen LogP contribution >= 0.6 is 0 Å². The molecule has 13 heavy (non-hydrogen) atoms. The maximum Gasteiger partial charge on any atom is 0.228 e. The van der Waals surface area contributed by atoms with Gasteiger partial charge < -0.3 is 4.90 Å². The van der Waals surface area contributed by atoms with E-state index in [-0.39, 0.29) is 0 Å². The van der Waals surface area contributed by atoms with Gasteiger partial charge in [-0.1, -0.05) is 6.92 Å². The molecule has 2 rings (SSSR count). The van der Waals surface area contributed by atoms with Gasteiger partial charge in [0.2, 0.25) is 5.95 Å². The molecule has 0 atom stereocenters. The van der Waals surface area contributed by atoms with Crippen LogP contribution in [0.1, 0.15) is 19.8 Å². The highest BCUT2D eigenvalue weighted by Crippen LogP contribution is 2.18. The minimum absolute atomic E-state index is 0.821. The minimum Gasteiger partial charge on any atom is -0.341 e. The Balaban J connectivity index is 2.03. The summed E-state index contributed by atoms with van der Waals surface area (Å²) in [5.41, 5.74) is 0. The monoisotopic (exact) mass is 178 g/mol. The SMILES string of the molecule is CC1CCN(c2ncncn2)CC1. The van der Waals surface area contributed by atoms with Gasteiger partial charge in [0.1, 0.15) is 12.7 Å². The second kappa shape index (κ2) is 3.68. The first-order valence-corrected chi connectivity index (χ1v) is 4.73. The Bertz CT molecular complexity index is 254. The molecular weight excluding hydrogens is 164 g/mol. The lowest BCUT2D eigenvalue weighted by Gasteiger charge is -2.29. The number of aromatic nitrogens is 3. The quantitative estimate of drug-likeness (QED) is 0.646. The summed E-state index contributed by atoms with van der Waals surface area (Å²) in [6.45, 7) is 4.45. The Kier molecular flexibility index (Phi) is 2.38. The summed E-state index contributed by atoms with van der Waals surface area (Å²) >= 11 is 0. The predicted molar refractivity (Wildman–Crippen MR) is 50.4 cm³/mol. The average Bonchev–Trinajstić information content (AvgIpc) is 2.20. The van der Waals surface area contributed by atoms with Gasteiger partial charge in [-0.25, -0.2) is 15.0 Å². The molecule has 1 aliphatic rings. The Labute approximate surface area is 78.0 Å². The van der Waals surface area contributed by atoms with Gasteiger partial charge in [-0.2, -0.15) is 0 Å². The fourth-order valence-electron chi connectivity index (χ4n) is 1.60. The summed E-state index contributed by atoms with van der Waals surface area (Å²) in [5.74, 6) is 1.67. The van der Waals surface area contributed by atoms with Crippen molar-refractivity contribution in [3.05, 3.63) is 12.7 Å². The maximum atomic E-state index is 4.13. The van der Waals surface area contributed by atoms with Crippen LogP contribution in [0.2, 0.25) is 0 Å². The molecule has 0 N–H and O–H groups in total. The average molecular weight is 178 g/mol. The van der Waals surface area contributed by atoms with Crippen molar-refractivity contribution in [3.63, 3.8) is 0 Å². The zero-order chi connectivity index (χ0) is 9.10. The smallest absolute Gasteiger partial charge is 0.228 e. The minimum atomic E-state index is 0.821. The molecule has 0 saturated carbocycles. The summed E-state index contributed by atoms with van der Waals surface area (Å²) in [6, 6.07) is 0. The molecule has 4 heteroatoms. The third kappa shape index (κ3) is 1.94. The molecule has 1 fully saturated rings. The molecule has 0 aromatic carbocycles. The highest BCUT2D eigenvalue weighted by Gasteiger charge is 2.17. The molecule has 0 aliphatic carbocycles. The largest absolute Gasteiger partial charge is 0.341 e. The molecule has 1 aliphatic heterocycles. The number of hydrogen-bond acceptors (Lipinski definition) is 4. The van der Waals surface area contributed by atoms with Crippen molar-refractivity contribution < 1.29 is 0 Å². The third-order valence-corrected chi connectivity index (χ3v) is 2.55. The predicted octanol–water partition coefficient (Wildman–Crippen LogP) is 1.11. The summed E-state index contributed by atoms with van der Waals surface area (Å²) < 4.78 is 0. The van der Waals surface area contributed by atoms with E-state index in [1.165, 1.54) is 12.8 Å². The molecule has 4 nitrogen and oxygen atoms in total. The highest BCUT2D eigenvalue weighted by molar-refractivity contribution is 5.27. The number of anilines is 1. The molecule has 0 unspecified atom stereocenters. The Morgan fingerprint density at radius 3 is 2.46 bits per heavy atom. The molecule has 0 radical (unpaired) electrons. The lowest BCUT2D eigenvalue weighted by molar-refractivity contribution is 0.434. The van der Waals surface area contributed by atoms with Crippen LogP contribution in [0.4, 0.5) is 5.95 Å². The van der Waals surface area contributed by atoms with E-state index < -0.39 is 0 Å². The van der Waals surface area contributed by atoms with Crippen LogP contribution in [0.25, 0.3) is 0 Å². The van der Waals surface area contributed by atoms with Crippen LogP contribution < -0.4 is 4.90 Å². The van der Waals surface area contributed by atoms with E-state index in [1.54, 1.807) is 12.7 Å². The van der Waals surface area contributed by atoms with Crippen molar-refractivity contribution in [2.24, 2.45) is 5.92 Å². The summed E-state index contributed by atoms with van der Waals surface area (Å²) in [5, 5.41) is 0. The standard InChI is InChI=1S/C9H14N4/c1-8-2-4-13(5-3-8)9-11-6-10-7-12-9/h6-8H,2-5H2,1H3. The normalized spacial score (nSPS) is 19.0. The van der Waals surface area contributed by atoms with E-state index in [1.807, 2.05) is 0 Å². The second-order valence-corrected chi connectivity index (χ2v) is 3.61. The van der Waals surface area contributed by atoms with E-state index in [0.717, 1.165) is 25.0 Å². The van der Waals surface area contributed by atoms with E-state index in [2.05, 4.69) is 26.8 Å². The van der Waals surface area contributed by atoms with Gasteiger partial charge in [-0.3, -0.25) is 0 Å². The van der Waals surface area contributed by atoms with Gasteiger partial charge in [0, 0.05) is 13.1 Å². The zero-order valence-corrected chi connectivity index (χ0v) is 7.85. The Hall–Kier alpha value is -1.19. The highest BCUT2D eigenvalue weighted by atomic mass is 15.3. The Morgan fingerprint density at radius 1 is 1.23 bits per heavy atom. The first-order valence-electron chi connectivity index (χ1n) is 4.73. The van der Waals surface area contributed by atoms with Crippen molar-refractivity contribution >= 4 is 5.95 Å². The first-order chi connectivity index (χ1) is 6.36. The van der Waals surface area contributed by atoms with Crippen molar-refractivity contribution in [1.82, 2.24) is 15.0 Å². The van der Waals surface area contributed by atoms with Gasteiger partial charge in [-0.15, -0.1) is 0 Å². The molecule has 0 spiro atoms. The van der Waals surface area contributed by atoms with Crippen LogP contribution in [-0.4, -0.2) is 28.0 Å². The lowest BCUT2D eigenvalue weighted by atomic mass is 10.00. The third-order valence-electron chi connectivity index (χ3n) is 2.55. The molecule has 0 bridgehead atoms. The topological polar surface area (TPSA) is 41.9 Å². The van der Waals surface area contributed by atoms with E-state index in [4.69, 9.17) is 0 Å². The summed E-state index contributed by atoms with van der Waals surface area (Å²) in [4.78, 5) is 14.3. The maximum absolute atomic E-state index is 4.13. The van der Waals surface area contributed by atoms with Crippen LogP contribution in [0, 0.1) is 5.92 Å². The van der Waals surface area contributed by atoms with Gasteiger partial charge in [0.15, 0.2) is 0 Å². The van der Waals surface area contributed by atoms with Crippen molar-refractivity contribution in [2.75, 3.05) is 18.0 Å². The second-order valence-electron chi connectivity index (χ2n) is 3.61. The fourth-order valence-corrected chi connectivity index (χ4v) is 1.60. The number of piperidine rings is 1. The molecule has 1 saturated heterocycles. The van der Waals surface area contributed by atoms with Crippen LogP contribution in [0.3, 0.4) is 0 Å². The molecule has 0 amide bonds. The zero-order valence-electron chi connectivity index (χ0n) is 7.85. The van der Waals surface area contributed by atoms with Crippen molar-refractivity contribution in [1.29, 1.82) is 0 Å². The van der Waals surface area contributed by atoms with E-state index in [9.17, 15) is 0 Å². The van der Waals surface area contributed by atoms with Gasteiger partial charge in [-0.05, 0) is 18.8 Å². The van der Waals surface area contributed by atoms with Gasteiger partial charge in [0.25, 0.3) is 0 Å². The van der Waals surface area contributed by atoms with Crippen LogP contribution in [0.15, 0.2) is 12.7 Å². The number of rotatable bonds is 1. The molecule has 1 aromatic rings. The number of hydrogen-bond donors (Lipinski definition) is 0. The Morgan fingerprint density at radius 2 is 1.85 bits per heavy atom. The molecule has 1 aromatic heterocycles. The van der Waals surface area contributed by atoms with Crippen molar-refractivity contribution in [3.8, 4) is 0 Å². The first kappa shape index (κ1) is 8.41. The van der Waals surface area contributed by atoms with E-state index >= 15 is 0 Å². The lowest BCUT2D eigenvalue weighted by Crippen LogP contribution is -2.34. The van der Waals surface area contributed by atoms with Gasteiger partial charge in [0.05, 0.1) is 0 Å². The van der Waals surface area contributed by atoms with Crippen molar-refractivity contribution in [2.45, 2.75) is 19.8 Å². The summed E-state index contributed by atoms with van der Waals surface area (Å²) in [7, 11) is 0. The van der Waals surface area contributed by atoms with E-state index in [0.29, 0.717) is 0 Å². The molecular formula is C9H14N4. The number of nitrogens with zero attached hydrogens (tertiary/aromatic N) is 4. The van der Waals surface area contributed by atoms with Crippen LogP contribution in [0.5, 0.6) is 0 Å². The fraction of sp³-hybridized carbons (Fsp3) is 0.667. The molecule has 2 heterocycles. The summed E-state index contributed by atoms with van der Waals surface area (Å²) in [6.07, 6.45) is 5.60. The molecule has 70 valence electrons.